The molecule has 0 aromatic rings. The lowest BCUT2D eigenvalue weighted by molar-refractivity contribution is 1.23. The Morgan fingerprint density at radius 2 is 2.00 bits per heavy atom. The average Bonchev–Trinajstić information content (AvgIpc) is 2.19. The van der Waals surface area contributed by atoms with Crippen molar-refractivity contribution in [1.29, 1.82) is 0 Å². The summed E-state index contributed by atoms with van der Waals surface area (Å²) in [6.45, 7) is 0.695. The number of hydrogen-bond acceptors (Lipinski definition) is 1. The molecule has 8 heavy (non-hydrogen) atoms. The predicted octanol–water partition coefficient (Wildman–Crippen LogP) is 1.15. The number of rotatable bonds is 2. The topological polar surface area (TPSA) is 26.0 Å². The van der Waals surface area contributed by atoms with Gasteiger partial charge >= 0.3 is 0 Å². The molecule has 0 aromatic carbocycles. The maximum Gasteiger partial charge on any atom is 0.0173 e. The molecule has 0 saturated carbocycles. The van der Waals surface area contributed by atoms with Gasteiger partial charge in [0.1, 0.15) is 0 Å². The van der Waals surface area contributed by atoms with E-state index in [4.69, 9.17) is 5.73 Å². The van der Waals surface area contributed by atoms with Crippen molar-refractivity contribution in [2.24, 2.45) is 5.73 Å². The molecule has 0 unspecified atom stereocenters. The molecule has 1 radical (unpaired) electrons. The molecule has 0 amide bonds. The molecule has 1 aliphatic rings. The third kappa shape index (κ3) is 1.39. The molecule has 45 valence electrons. The van der Waals surface area contributed by atoms with Crippen molar-refractivity contribution < 1.29 is 0 Å². The van der Waals surface area contributed by atoms with Crippen molar-refractivity contribution in [3.63, 3.8) is 0 Å². The highest BCUT2D eigenvalue weighted by atomic mass is 32.2. The highest BCUT2D eigenvalue weighted by Crippen LogP contribution is 2.34. The summed E-state index contributed by atoms with van der Waals surface area (Å²) >= 11 is 0. The van der Waals surface area contributed by atoms with Gasteiger partial charge in [-0.3, -0.25) is 0 Å². The fourth-order valence-corrected chi connectivity index (χ4v) is 1.77. The Morgan fingerprint density at radius 3 is 2.50 bits per heavy atom. The van der Waals surface area contributed by atoms with E-state index in [1.54, 1.807) is 0 Å². The molecule has 1 heterocycles. The number of hydrogen-bond donors (Lipinski definition) is 2. The minimum atomic E-state index is -0.0563. The van der Waals surface area contributed by atoms with Crippen LogP contribution in [0.1, 0.15) is 0 Å². The first-order valence-electron chi connectivity index (χ1n) is 2.59. The molecular formula is C6H10NS. The SMILES string of the molecule is NC[CH][SH]1C=CC=C1. The van der Waals surface area contributed by atoms with Crippen molar-refractivity contribution in [1.82, 2.24) is 0 Å². The third-order valence-electron chi connectivity index (χ3n) is 0.944. The van der Waals surface area contributed by atoms with Gasteiger partial charge in [-0.05, 0) is 10.8 Å². The zero-order valence-electron chi connectivity index (χ0n) is 4.62. The van der Waals surface area contributed by atoms with E-state index in [9.17, 15) is 0 Å². The summed E-state index contributed by atoms with van der Waals surface area (Å²) in [5.74, 6) is 2.13. The molecule has 0 spiro atoms. The lowest BCUT2D eigenvalue weighted by Crippen LogP contribution is -1.96. The van der Waals surface area contributed by atoms with E-state index >= 15 is 0 Å². The molecule has 0 saturated heterocycles. The zero-order chi connectivity index (χ0) is 5.82. The van der Waals surface area contributed by atoms with Gasteiger partial charge < -0.3 is 5.73 Å². The molecule has 1 rings (SSSR count). The van der Waals surface area contributed by atoms with Crippen LogP contribution < -0.4 is 5.73 Å². The molecule has 0 aliphatic carbocycles. The summed E-state index contributed by atoms with van der Waals surface area (Å²) in [5.41, 5.74) is 5.30. The monoisotopic (exact) mass is 128 g/mol. The fourth-order valence-electron chi connectivity index (χ4n) is 0.591. The van der Waals surface area contributed by atoms with Crippen LogP contribution in [0.15, 0.2) is 23.0 Å². The smallest absolute Gasteiger partial charge is 0.0173 e. The van der Waals surface area contributed by atoms with Crippen LogP contribution in [0.5, 0.6) is 0 Å². The number of nitrogens with two attached hydrogens (primary N) is 1. The molecule has 0 aromatic heterocycles. The van der Waals surface area contributed by atoms with Gasteiger partial charge in [-0.2, -0.15) is 0 Å². The van der Waals surface area contributed by atoms with E-state index in [0.717, 1.165) is 0 Å². The summed E-state index contributed by atoms with van der Waals surface area (Å²) in [6.07, 6.45) is 4.13. The highest BCUT2D eigenvalue weighted by Gasteiger charge is 1.94. The van der Waals surface area contributed by atoms with E-state index in [2.05, 4.69) is 28.7 Å². The minimum Gasteiger partial charge on any atom is -0.329 e. The molecule has 0 fully saturated rings. The molecular weight excluding hydrogens is 118 g/mol. The van der Waals surface area contributed by atoms with E-state index in [1.807, 2.05) is 0 Å². The Kier molecular flexibility index (Phi) is 2.18. The summed E-state index contributed by atoms with van der Waals surface area (Å²) in [4.78, 5) is 0. The van der Waals surface area contributed by atoms with Crippen LogP contribution in [-0.4, -0.2) is 6.54 Å². The molecule has 0 atom stereocenters. The Morgan fingerprint density at radius 1 is 1.38 bits per heavy atom. The lowest BCUT2D eigenvalue weighted by atomic mass is 10.6. The van der Waals surface area contributed by atoms with Crippen molar-refractivity contribution in [2.45, 2.75) is 0 Å². The predicted molar refractivity (Wildman–Crippen MR) is 40.6 cm³/mol. The normalized spacial score (nSPS) is 20.4. The van der Waals surface area contributed by atoms with Crippen molar-refractivity contribution in [3.05, 3.63) is 28.7 Å². The van der Waals surface area contributed by atoms with Gasteiger partial charge in [0.15, 0.2) is 0 Å². The van der Waals surface area contributed by atoms with E-state index in [0.29, 0.717) is 6.54 Å². The summed E-state index contributed by atoms with van der Waals surface area (Å²) < 4.78 is 0. The average molecular weight is 128 g/mol. The second-order valence-corrected chi connectivity index (χ2v) is 3.40. The maximum atomic E-state index is 5.30. The van der Waals surface area contributed by atoms with Crippen LogP contribution in [-0.2, 0) is 0 Å². The van der Waals surface area contributed by atoms with Crippen LogP contribution >= 0.6 is 10.9 Å². The molecule has 2 heteroatoms. The summed E-state index contributed by atoms with van der Waals surface area (Å²) in [6, 6.07) is 0. The lowest BCUT2D eigenvalue weighted by Gasteiger charge is -2.04. The van der Waals surface area contributed by atoms with E-state index in [-0.39, 0.29) is 10.9 Å². The minimum absolute atomic E-state index is 0.0563. The van der Waals surface area contributed by atoms with Crippen LogP contribution in [0, 0.1) is 5.75 Å². The van der Waals surface area contributed by atoms with Crippen LogP contribution in [0.3, 0.4) is 0 Å². The van der Waals surface area contributed by atoms with E-state index < -0.39 is 0 Å². The van der Waals surface area contributed by atoms with Gasteiger partial charge in [-0.1, -0.05) is 12.2 Å². The second-order valence-electron chi connectivity index (χ2n) is 1.55. The van der Waals surface area contributed by atoms with Gasteiger partial charge in [0.2, 0.25) is 0 Å². The second kappa shape index (κ2) is 2.95. The Bertz CT molecular complexity index is 106. The van der Waals surface area contributed by atoms with Gasteiger partial charge in [-0.15, -0.1) is 0 Å². The Hall–Kier alpha value is -0.210. The van der Waals surface area contributed by atoms with Crippen molar-refractivity contribution in [3.8, 4) is 0 Å². The first-order chi connectivity index (χ1) is 3.93. The standard InChI is InChI=1S/C6H10NS/c7-3-6-8-4-1-2-5-8/h1-2,4-6,8H,3,7H2. The van der Waals surface area contributed by atoms with Gasteiger partial charge in [0.25, 0.3) is 0 Å². The van der Waals surface area contributed by atoms with Gasteiger partial charge in [0, 0.05) is 12.3 Å². The van der Waals surface area contributed by atoms with Crippen molar-refractivity contribution in [2.75, 3.05) is 6.54 Å². The summed E-state index contributed by atoms with van der Waals surface area (Å²) in [5, 5.41) is 4.37. The Labute approximate surface area is 52.6 Å². The first kappa shape index (κ1) is 5.92. The third-order valence-corrected chi connectivity index (χ3v) is 2.61. The molecule has 1 aliphatic heterocycles. The van der Waals surface area contributed by atoms with E-state index in [1.165, 1.54) is 0 Å². The largest absolute Gasteiger partial charge is 0.329 e. The molecule has 2 N–H and O–H groups in total. The summed E-state index contributed by atoms with van der Waals surface area (Å²) in [7, 11) is -0.0563. The number of thiol groups is 1. The Balaban J connectivity index is 2.27. The molecule has 1 nitrogen and oxygen atoms in total. The van der Waals surface area contributed by atoms with Crippen LogP contribution in [0.4, 0.5) is 0 Å². The number of allylic oxidation sites excluding steroid dienone is 2. The first-order valence-corrected chi connectivity index (χ1v) is 4.14. The van der Waals surface area contributed by atoms with Crippen LogP contribution in [0.25, 0.3) is 0 Å². The van der Waals surface area contributed by atoms with Gasteiger partial charge in [0.05, 0.1) is 0 Å². The molecule has 0 bridgehead atoms. The van der Waals surface area contributed by atoms with Gasteiger partial charge in [-0.25, -0.2) is 10.9 Å². The zero-order valence-corrected chi connectivity index (χ0v) is 5.51. The maximum absolute atomic E-state index is 5.30. The van der Waals surface area contributed by atoms with Crippen LogP contribution in [0.2, 0.25) is 0 Å². The quantitative estimate of drug-likeness (QED) is 0.536. The fraction of sp³-hybridized carbons (Fsp3) is 0.167. The van der Waals surface area contributed by atoms with Crippen molar-refractivity contribution >= 4 is 10.9 Å². The highest BCUT2D eigenvalue weighted by molar-refractivity contribution is 8.24.